The highest BCUT2D eigenvalue weighted by molar-refractivity contribution is 7.31. The molecule has 10 heteroatoms. The predicted molar refractivity (Wildman–Crippen MR) is 265 cm³/mol. The van der Waals surface area contributed by atoms with Crippen molar-refractivity contribution in [2.75, 3.05) is 9.80 Å². The molecule has 65 heavy (non-hydrogen) atoms. The molecule has 2 aliphatic heterocycles. The normalized spacial score (nSPS) is 20.7. The van der Waals surface area contributed by atoms with E-state index in [1.807, 2.05) is 0 Å². The van der Waals surface area contributed by atoms with Gasteiger partial charge in [0, 0.05) is 42.6 Å². The average Bonchev–Trinajstić information content (AvgIpc) is 4.17. The van der Waals surface area contributed by atoms with Crippen LogP contribution in [0.2, 0.25) is 0 Å². The Bertz CT molecular complexity index is 3510. The first kappa shape index (κ1) is 31.0. The molecule has 2 atom stereocenters. The van der Waals surface area contributed by atoms with Gasteiger partial charge < -0.3 is 9.64 Å². The van der Waals surface area contributed by atoms with Gasteiger partial charge in [0.2, 0.25) is 0 Å². The Morgan fingerprint density at radius 1 is 0.692 bits per heavy atom. The second kappa shape index (κ2) is 14.7. The largest absolute Gasteiger partial charge is 0.448 e. The number of thiophene rings is 2. The Morgan fingerprint density at radius 3 is 1.92 bits per heavy atom. The molecular formula is C55H53BF4N2OS2. The summed E-state index contributed by atoms with van der Waals surface area (Å²) in [5.74, 6) is -9.91. The highest BCUT2D eigenvalue weighted by Gasteiger charge is 2.50. The van der Waals surface area contributed by atoms with E-state index in [0.29, 0.717) is 29.1 Å². The zero-order valence-electron chi connectivity index (χ0n) is 48.7. The third-order valence-corrected chi connectivity index (χ3v) is 16.0. The lowest BCUT2D eigenvalue weighted by Crippen LogP contribution is -2.58. The van der Waals surface area contributed by atoms with E-state index in [4.69, 9.17) is 21.2 Å². The molecule has 4 aliphatic rings. The fourth-order valence-electron chi connectivity index (χ4n) is 10.9. The monoisotopic (exact) mass is 920 g/mol. The van der Waals surface area contributed by atoms with Crippen molar-refractivity contribution in [2.45, 2.75) is 112 Å². The molecule has 0 saturated carbocycles. The Labute approximate surface area is 405 Å². The Balaban J connectivity index is 1.34. The van der Waals surface area contributed by atoms with Crippen LogP contribution < -0.4 is 30.2 Å². The van der Waals surface area contributed by atoms with Gasteiger partial charge in [-0.3, -0.25) is 4.90 Å². The van der Waals surface area contributed by atoms with Gasteiger partial charge in [-0.1, -0.05) is 111 Å². The number of hydrogen-bond acceptors (Lipinski definition) is 5. The van der Waals surface area contributed by atoms with Crippen LogP contribution >= 0.6 is 22.7 Å². The molecule has 2 aromatic heterocycles. The maximum Gasteiger partial charge on any atom is 0.270 e. The van der Waals surface area contributed by atoms with Crippen LogP contribution in [0.5, 0.6) is 10.8 Å². The standard InChI is InChI=1S/C55H53BF4N2OS2/c1-27(2)30-17-34(28(3)4)48(35(18-30)29(5)6)62-42-21-33(61(50-38(57)13-11-14-39(50)58)51-40(59)15-12-16-41(51)60)22-43-47(42)56(52-49(62)37-25-55(9,10)26-45(37)64-52)46-36-19-31-23-54(7,8)24-32(31)20-44(36)65-53(46)63-43/h11-22,27-29H,23-26H2,1-10H3/i1D3,3D3,4D3,5D3. The van der Waals surface area contributed by atoms with Crippen molar-refractivity contribution >= 4 is 89.3 Å². The molecule has 0 N–H and O–H groups in total. The number of fused-ring (bicyclic) bond motifs is 9. The highest BCUT2D eigenvalue weighted by atomic mass is 32.1. The number of benzene rings is 5. The molecule has 5 aromatic carbocycles. The van der Waals surface area contributed by atoms with Crippen molar-refractivity contribution in [3.05, 3.63) is 134 Å². The Hall–Kier alpha value is -5.06. The first-order valence-corrected chi connectivity index (χ1v) is 23.5. The van der Waals surface area contributed by atoms with Crippen LogP contribution in [0.25, 0.3) is 10.1 Å². The lowest BCUT2D eigenvalue weighted by atomic mass is 9.37. The van der Waals surface area contributed by atoms with E-state index < -0.39 is 86.5 Å². The zero-order chi connectivity index (χ0) is 55.8. The maximum atomic E-state index is 16.6. The lowest BCUT2D eigenvalue weighted by molar-refractivity contribution is 0.392. The smallest absolute Gasteiger partial charge is 0.270 e. The first-order valence-electron chi connectivity index (χ1n) is 27.9. The van der Waals surface area contributed by atoms with Crippen molar-refractivity contribution < 1.29 is 38.7 Å². The number of rotatable bonds is 7. The van der Waals surface area contributed by atoms with Crippen LogP contribution in [0.1, 0.15) is 141 Å². The molecule has 11 rings (SSSR count). The molecule has 0 fully saturated rings. The molecule has 4 heterocycles. The molecular weight excluding hydrogens is 856 g/mol. The molecule has 0 spiro atoms. The van der Waals surface area contributed by atoms with Gasteiger partial charge >= 0.3 is 0 Å². The lowest BCUT2D eigenvalue weighted by Gasteiger charge is -2.42. The molecule has 7 aromatic rings. The van der Waals surface area contributed by atoms with Gasteiger partial charge in [-0.05, 0) is 140 Å². The fourth-order valence-corrected chi connectivity index (χ4v) is 13.8. The van der Waals surface area contributed by atoms with Crippen LogP contribution in [0.15, 0.2) is 72.8 Å². The van der Waals surface area contributed by atoms with Gasteiger partial charge in [-0.15, -0.1) is 0 Å². The van der Waals surface area contributed by atoms with Crippen LogP contribution in [-0.2, 0) is 25.7 Å². The van der Waals surface area contributed by atoms with Crippen molar-refractivity contribution in [1.29, 1.82) is 0 Å². The third-order valence-electron chi connectivity index (χ3n) is 13.6. The van der Waals surface area contributed by atoms with Crippen LogP contribution in [0.3, 0.4) is 0 Å². The van der Waals surface area contributed by atoms with Crippen molar-refractivity contribution in [1.82, 2.24) is 0 Å². The van der Waals surface area contributed by atoms with E-state index in [0.717, 1.165) is 84.9 Å². The van der Waals surface area contributed by atoms with E-state index in [1.165, 1.54) is 71.9 Å². The SMILES string of the molecule is [2H]C([2H])([2H])C(C)c1cc(C(C)C([2H])([2H])[2H])c(N2c3cc(N(c4c(F)cccc4F)c4c(F)cccc4F)cc4c3B(c3sc5c(c32)CC(C)(C)C5)c2c(sc3cc5c(cc23)CC(C)(C)C5)O4)c(C(C([2H])([2H])[2H])C([2H])([2H])[2H])c1. The fraction of sp³-hybridized carbons (Fsp3) is 0.345. The van der Waals surface area contributed by atoms with Crippen LogP contribution in [-0.4, -0.2) is 6.71 Å². The van der Waals surface area contributed by atoms with Crippen molar-refractivity contribution in [3.63, 3.8) is 0 Å². The summed E-state index contributed by atoms with van der Waals surface area (Å²) in [7, 11) is 0. The number of halogens is 4. The zero-order valence-corrected chi connectivity index (χ0v) is 38.3. The van der Waals surface area contributed by atoms with Crippen molar-refractivity contribution in [2.24, 2.45) is 10.8 Å². The second-order valence-corrected chi connectivity index (χ2v) is 22.0. The third kappa shape index (κ3) is 6.54. The predicted octanol–water partition coefficient (Wildman–Crippen LogP) is 15.0. The summed E-state index contributed by atoms with van der Waals surface area (Å²) in [6.07, 6.45) is 2.69. The van der Waals surface area contributed by atoms with E-state index in [-0.39, 0.29) is 50.3 Å². The minimum Gasteiger partial charge on any atom is -0.448 e. The summed E-state index contributed by atoms with van der Waals surface area (Å²) in [5.41, 5.74) is 2.01. The molecule has 332 valence electrons. The molecule has 2 aliphatic carbocycles. The summed E-state index contributed by atoms with van der Waals surface area (Å²) in [6.45, 7) is -1.56. The highest BCUT2D eigenvalue weighted by Crippen LogP contribution is 2.56. The van der Waals surface area contributed by atoms with Crippen LogP contribution in [0.4, 0.5) is 51.7 Å². The summed E-state index contributed by atoms with van der Waals surface area (Å²) < 4.78 is 181. The summed E-state index contributed by atoms with van der Waals surface area (Å²) >= 11 is 2.93. The molecule has 0 amide bonds. The number of anilines is 6. The van der Waals surface area contributed by atoms with Gasteiger partial charge in [0.1, 0.15) is 40.4 Å². The minimum absolute atomic E-state index is 0.000861. The van der Waals surface area contributed by atoms with Gasteiger partial charge in [0.15, 0.2) is 5.06 Å². The summed E-state index contributed by atoms with van der Waals surface area (Å²) in [5, 5.41) is 1.40. The van der Waals surface area contributed by atoms with Gasteiger partial charge in [-0.25, -0.2) is 17.6 Å². The number of hydrogen-bond donors (Lipinski definition) is 0. The quantitative estimate of drug-likeness (QED) is 0.117. The van der Waals surface area contributed by atoms with Gasteiger partial charge in [0.05, 0.1) is 17.1 Å². The Kier molecular flexibility index (Phi) is 7.03. The second-order valence-electron chi connectivity index (χ2n) is 19.8. The van der Waals surface area contributed by atoms with Gasteiger partial charge in [0.25, 0.3) is 6.71 Å². The number of ether oxygens (including phenoxy) is 1. The van der Waals surface area contributed by atoms with Crippen molar-refractivity contribution in [3.8, 4) is 10.8 Å². The van der Waals surface area contributed by atoms with Crippen LogP contribution in [0, 0.1) is 34.1 Å². The van der Waals surface area contributed by atoms with E-state index in [2.05, 4.69) is 39.8 Å². The summed E-state index contributed by atoms with van der Waals surface area (Å²) in [4.78, 5) is 3.37. The molecule has 0 bridgehead atoms. The minimum atomic E-state index is -3.33. The van der Waals surface area contributed by atoms with E-state index in [9.17, 15) is 0 Å². The average molecular weight is 921 g/mol. The van der Waals surface area contributed by atoms with Gasteiger partial charge in [-0.2, -0.15) is 11.3 Å². The topological polar surface area (TPSA) is 15.7 Å². The number of nitrogens with zero attached hydrogens (tertiary/aromatic N) is 2. The maximum absolute atomic E-state index is 16.6. The van der Waals surface area contributed by atoms with E-state index >= 15 is 17.6 Å². The molecule has 0 saturated heterocycles. The molecule has 3 nitrogen and oxygen atoms in total. The molecule has 0 radical (unpaired) electrons. The number of para-hydroxylation sites is 2. The molecule has 2 unspecified atom stereocenters. The summed E-state index contributed by atoms with van der Waals surface area (Å²) in [6, 6.07) is 15.9. The Morgan fingerprint density at radius 2 is 1.29 bits per heavy atom. The first-order chi connectivity index (χ1) is 35.6. The van der Waals surface area contributed by atoms with E-state index in [1.54, 1.807) is 4.90 Å².